The maximum Gasteiger partial charge on any atom is 0.309 e. The number of aliphatic carboxylic acids is 1. The number of nitrogens with one attached hydrogen (secondary N) is 1. The monoisotopic (exact) mass is 199 g/mol. The molecule has 14 heavy (non-hydrogen) atoms. The van der Waals surface area contributed by atoms with Crippen LogP contribution in [0.2, 0.25) is 0 Å². The van der Waals surface area contributed by atoms with E-state index in [-0.39, 0.29) is 0 Å². The van der Waals surface area contributed by atoms with Crippen LogP contribution in [-0.4, -0.2) is 24.2 Å². The summed E-state index contributed by atoms with van der Waals surface area (Å²) in [6.07, 6.45) is 4.31. The number of piperidine rings is 1. The molecule has 3 heteroatoms. The lowest BCUT2D eigenvalue weighted by molar-refractivity contribution is -0.147. The summed E-state index contributed by atoms with van der Waals surface area (Å²) < 4.78 is 0. The standard InChI is InChI=1S/C11H21NO2/c1-11(2,10(13)14)6-5-9-4-3-7-12-8-9/h9,12H,3-8H2,1-2H3,(H,13,14). The zero-order chi connectivity index (χ0) is 10.6. The van der Waals surface area contributed by atoms with Gasteiger partial charge in [0.25, 0.3) is 0 Å². The van der Waals surface area contributed by atoms with Crippen molar-refractivity contribution in [1.82, 2.24) is 5.32 Å². The first kappa shape index (κ1) is 11.5. The minimum absolute atomic E-state index is 0.558. The second kappa shape index (κ2) is 4.78. The minimum atomic E-state index is -0.679. The van der Waals surface area contributed by atoms with Crippen LogP contribution in [0.1, 0.15) is 39.5 Å². The second-order valence-corrected chi connectivity index (χ2v) is 4.94. The Hall–Kier alpha value is -0.570. The summed E-state index contributed by atoms with van der Waals surface area (Å²) in [7, 11) is 0. The summed E-state index contributed by atoms with van der Waals surface area (Å²) in [6.45, 7) is 5.81. The van der Waals surface area contributed by atoms with E-state index in [0.29, 0.717) is 5.92 Å². The van der Waals surface area contributed by atoms with E-state index in [2.05, 4.69) is 5.32 Å². The summed E-state index contributed by atoms with van der Waals surface area (Å²) in [5, 5.41) is 12.3. The second-order valence-electron chi connectivity index (χ2n) is 4.94. The van der Waals surface area contributed by atoms with Gasteiger partial charge in [0, 0.05) is 0 Å². The van der Waals surface area contributed by atoms with Crippen LogP contribution >= 0.6 is 0 Å². The van der Waals surface area contributed by atoms with Crippen molar-refractivity contribution in [3.63, 3.8) is 0 Å². The van der Waals surface area contributed by atoms with Crippen molar-refractivity contribution >= 4 is 5.97 Å². The number of carboxylic acid groups (broad SMARTS) is 1. The molecule has 1 fully saturated rings. The summed E-state index contributed by atoms with van der Waals surface area (Å²) in [5.41, 5.74) is -0.558. The Balaban J connectivity index is 2.28. The predicted molar refractivity (Wildman–Crippen MR) is 56.2 cm³/mol. The van der Waals surface area contributed by atoms with Crippen molar-refractivity contribution in [2.24, 2.45) is 11.3 Å². The van der Waals surface area contributed by atoms with Crippen LogP contribution in [0.15, 0.2) is 0 Å². The molecule has 3 nitrogen and oxygen atoms in total. The predicted octanol–water partition coefficient (Wildman–Crippen LogP) is 1.88. The Morgan fingerprint density at radius 1 is 1.57 bits per heavy atom. The van der Waals surface area contributed by atoms with E-state index < -0.39 is 11.4 Å². The molecule has 0 radical (unpaired) electrons. The van der Waals surface area contributed by atoms with Crippen molar-refractivity contribution in [2.45, 2.75) is 39.5 Å². The van der Waals surface area contributed by atoms with Gasteiger partial charge in [-0.05, 0) is 58.5 Å². The first-order chi connectivity index (χ1) is 6.52. The van der Waals surface area contributed by atoms with E-state index in [4.69, 9.17) is 5.11 Å². The van der Waals surface area contributed by atoms with Gasteiger partial charge in [0.2, 0.25) is 0 Å². The van der Waals surface area contributed by atoms with E-state index in [1.54, 1.807) is 0 Å². The Bertz CT molecular complexity index is 195. The molecule has 0 aliphatic carbocycles. The van der Waals surface area contributed by atoms with Gasteiger partial charge in [-0.3, -0.25) is 4.79 Å². The van der Waals surface area contributed by atoms with Crippen molar-refractivity contribution in [1.29, 1.82) is 0 Å². The van der Waals surface area contributed by atoms with Crippen LogP contribution in [0.5, 0.6) is 0 Å². The molecule has 0 aromatic heterocycles. The van der Waals surface area contributed by atoms with Gasteiger partial charge in [-0.1, -0.05) is 0 Å². The highest BCUT2D eigenvalue weighted by Crippen LogP contribution is 2.27. The van der Waals surface area contributed by atoms with E-state index in [1.165, 1.54) is 12.8 Å². The molecule has 0 bridgehead atoms. The molecule has 0 amide bonds. The van der Waals surface area contributed by atoms with Gasteiger partial charge < -0.3 is 10.4 Å². The van der Waals surface area contributed by atoms with Crippen molar-refractivity contribution in [3.8, 4) is 0 Å². The fourth-order valence-electron chi connectivity index (χ4n) is 1.84. The van der Waals surface area contributed by atoms with Gasteiger partial charge in [0.1, 0.15) is 0 Å². The molecule has 2 N–H and O–H groups in total. The molecule has 1 aliphatic heterocycles. The molecular weight excluding hydrogens is 178 g/mol. The Kier molecular flexibility index (Phi) is 3.93. The van der Waals surface area contributed by atoms with Gasteiger partial charge in [-0.2, -0.15) is 0 Å². The van der Waals surface area contributed by atoms with Crippen molar-refractivity contribution in [2.75, 3.05) is 13.1 Å². The molecule has 0 saturated carbocycles. The van der Waals surface area contributed by atoms with Crippen LogP contribution in [-0.2, 0) is 4.79 Å². The highest BCUT2D eigenvalue weighted by atomic mass is 16.4. The average Bonchev–Trinajstić information content (AvgIpc) is 2.16. The lowest BCUT2D eigenvalue weighted by atomic mass is 9.83. The quantitative estimate of drug-likeness (QED) is 0.726. The topological polar surface area (TPSA) is 49.3 Å². The van der Waals surface area contributed by atoms with Crippen LogP contribution in [0.3, 0.4) is 0 Å². The minimum Gasteiger partial charge on any atom is -0.481 e. The third-order valence-electron chi connectivity index (χ3n) is 3.16. The molecule has 1 heterocycles. The number of rotatable bonds is 4. The Morgan fingerprint density at radius 2 is 2.29 bits per heavy atom. The van der Waals surface area contributed by atoms with Gasteiger partial charge in [-0.25, -0.2) is 0 Å². The van der Waals surface area contributed by atoms with Crippen LogP contribution in [0.4, 0.5) is 0 Å². The van der Waals surface area contributed by atoms with Gasteiger partial charge >= 0.3 is 5.97 Å². The highest BCUT2D eigenvalue weighted by Gasteiger charge is 2.28. The molecule has 1 rings (SSSR count). The molecule has 0 aromatic carbocycles. The van der Waals surface area contributed by atoms with Gasteiger partial charge in [-0.15, -0.1) is 0 Å². The smallest absolute Gasteiger partial charge is 0.309 e. The average molecular weight is 199 g/mol. The van der Waals surface area contributed by atoms with Crippen molar-refractivity contribution < 1.29 is 9.90 Å². The maximum atomic E-state index is 10.9. The molecule has 1 aliphatic rings. The largest absolute Gasteiger partial charge is 0.481 e. The van der Waals surface area contributed by atoms with Crippen LogP contribution in [0, 0.1) is 11.3 Å². The van der Waals surface area contributed by atoms with E-state index in [9.17, 15) is 4.79 Å². The van der Waals surface area contributed by atoms with Gasteiger partial charge in [0.15, 0.2) is 0 Å². The Morgan fingerprint density at radius 3 is 2.79 bits per heavy atom. The zero-order valence-electron chi connectivity index (χ0n) is 9.18. The normalized spacial score (nSPS) is 23.4. The zero-order valence-corrected chi connectivity index (χ0v) is 9.18. The van der Waals surface area contributed by atoms with Crippen LogP contribution < -0.4 is 5.32 Å². The number of carboxylic acids is 1. The van der Waals surface area contributed by atoms with Crippen LogP contribution in [0.25, 0.3) is 0 Å². The maximum absolute atomic E-state index is 10.9. The molecule has 1 saturated heterocycles. The van der Waals surface area contributed by atoms with Gasteiger partial charge in [0.05, 0.1) is 5.41 Å². The summed E-state index contributed by atoms with van der Waals surface area (Å²) in [6, 6.07) is 0. The highest BCUT2D eigenvalue weighted by molar-refractivity contribution is 5.73. The fraction of sp³-hybridized carbons (Fsp3) is 0.909. The third-order valence-corrected chi connectivity index (χ3v) is 3.16. The molecule has 1 atom stereocenters. The molecule has 0 aromatic rings. The molecule has 1 unspecified atom stereocenters. The summed E-state index contributed by atoms with van der Waals surface area (Å²) >= 11 is 0. The molecular formula is C11H21NO2. The summed E-state index contributed by atoms with van der Waals surface area (Å²) in [5.74, 6) is 0.00337. The number of hydrogen-bond donors (Lipinski definition) is 2. The Labute approximate surface area is 85.9 Å². The number of hydrogen-bond acceptors (Lipinski definition) is 2. The van der Waals surface area contributed by atoms with E-state index >= 15 is 0 Å². The SMILES string of the molecule is CC(C)(CCC1CCCNC1)C(=O)O. The van der Waals surface area contributed by atoms with E-state index in [0.717, 1.165) is 25.9 Å². The number of carbonyl (C=O) groups is 1. The first-order valence-electron chi connectivity index (χ1n) is 5.46. The van der Waals surface area contributed by atoms with Crippen molar-refractivity contribution in [3.05, 3.63) is 0 Å². The fourth-order valence-corrected chi connectivity index (χ4v) is 1.84. The lowest BCUT2D eigenvalue weighted by Gasteiger charge is -2.26. The third kappa shape index (κ3) is 3.29. The van der Waals surface area contributed by atoms with E-state index in [1.807, 2.05) is 13.8 Å². The first-order valence-corrected chi connectivity index (χ1v) is 5.46. The molecule has 0 spiro atoms. The lowest BCUT2D eigenvalue weighted by Crippen LogP contribution is -2.31. The molecule has 82 valence electrons. The summed E-state index contributed by atoms with van der Waals surface area (Å²) in [4.78, 5) is 10.9.